The molecule has 0 aromatic heterocycles. The van der Waals surface area contributed by atoms with E-state index in [9.17, 15) is 9.90 Å². The van der Waals surface area contributed by atoms with E-state index in [1.54, 1.807) is 13.1 Å². The van der Waals surface area contributed by atoms with Crippen molar-refractivity contribution in [1.29, 1.82) is 5.41 Å². The minimum absolute atomic E-state index is 0.00394. The van der Waals surface area contributed by atoms with Gasteiger partial charge in [0.1, 0.15) is 5.70 Å². The van der Waals surface area contributed by atoms with Crippen LogP contribution >= 0.6 is 0 Å². The zero-order valence-electron chi connectivity index (χ0n) is 9.06. The highest BCUT2D eigenvalue weighted by atomic mass is 16.3. The third-order valence-corrected chi connectivity index (χ3v) is 2.46. The largest absolute Gasteiger partial charge is 0.504 e. The van der Waals surface area contributed by atoms with E-state index in [-0.39, 0.29) is 23.4 Å². The Morgan fingerprint density at radius 3 is 2.59 bits per heavy atom. The van der Waals surface area contributed by atoms with Gasteiger partial charge in [-0.25, -0.2) is 0 Å². The van der Waals surface area contributed by atoms with Crippen LogP contribution in [0.3, 0.4) is 0 Å². The number of phenolic OH excluding ortho intramolecular Hbond substituents is 2. The summed E-state index contributed by atoms with van der Waals surface area (Å²) in [6.07, 6.45) is 1.52. The van der Waals surface area contributed by atoms with Crippen LogP contribution in [0.4, 0.5) is 0 Å². The summed E-state index contributed by atoms with van der Waals surface area (Å²) in [4.78, 5) is 12.9. The molecule has 6 heteroatoms. The van der Waals surface area contributed by atoms with Crippen LogP contribution in [0.15, 0.2) is 23.9 Å². The molecule has 0 radical (unpaired) electrons. The topological polar surface area (TPSA) is 96.7 Å². The maximum absolute atomic E-state index is 11.5. The molecule has 1 aromatic carbocycles. The van der Waals surface area contributed by atoms with Gasteiger partial charge >= 0.3 is 0 Å². The maximum atomic E-state index is 11.5. The van der Waals surface area contributed by atoms with Crippen molar-refractivity contribution in [3.05, 3.63) is 29.5 Å². The van der Waals surface area contributed by atoms with E-state index in [2.05, 4.69) is 5.32 Å². The van der Waals surface area contributed by atoms with E-state index in [4.69, 9.17) is 10.5 Å². The summed E-state index contributed by atoms with van der Waals surface area (Å²) in [5.41, 5.74) is 0.868. The van der Waals surface area contributed by atoms with E-state index < -0.39 is 0 Å². The average molecular weight is 233 g/mol. The molecule has 1 aliphatic rings. The SMILES string of the molecule is CN1C(=N)NC(=O)/C1=C/c1ccc(O)c(O)c1. The second-order valence-corrected chi connectivity index (χ2v) is 3.64. The predicted octanol–water partition coefficient (Wildman–Crippen LogP) is 0.435. The maximum Gasteiger partial charge on any atom is 0.274 e. The lowest BCUT2D eigenvalue weighted by Gasteiger charge is -2.09. The van der Waals surface area contributed by atoms with Crippen molar-refractivity contribution in [2.75, 3.05) is 7.05 Å². The molecule has 17 heavy (non-hydrogen) atoms. The number of carbonyl (C=O) groups is 1. The molecule has 1 amide bonds. The second kappa shape index (κ2) is 3.82. The minimum Gasteiger partial charge on any atom is -0.504 e. The monoisotopic (exact) mass is 233 g/mol. The predicted molar refractivity (Wildman–Crippen MR) is 61.4 cm³/mol. The van der Waals surface area contributed by atoms with E-state index in [0.717, 1.165) is 0 Å². The number of phenols is 2. The third kappa shape index (κ3) is 1.92. The van der Waals surface area contributed by atoms with Gasteiger partial charge in [-0.2, -0.15) is 0 Å². The lowest BCUT2D eigenvalue weighted by molar-refractivity contribution is -0.115. The quantitative estimate of drug-likeness (QED) is 0.418. The summed E-state index contributed by atoms with van der Waals surface area (Å²) >= 11 is 0. The standard InChI is InChI=1S/C11H11N3O3/c1-14-7(10(17)13-11(14)12)4-6-2-3-8(15)9(16)5-6/h2-5,15-16H,1H3,(H2,12,13,17)/b7-4-. The molecule has 0 bridgehead atoms. The average Bonchev–Trinajstić information content (AvgIpc) is 2.50. The molecule has 88 valence electrons. The van der Waals surface area contributed by atoms with Gasteiger partial charge in [0.05, 0.1) is 0 Å². The van der Waals surface area contributed by atoms with Crippen molar-refractivity contribution in [1.82, 2.24) is 10.2 Å². The van der Waals surface area contributed by atoms with E-state index in [1.807, 2.05) is 0 Å². The van der Waals surface area contributed by atoms with Gasteiger partial charge in [0, 0.05) is 7.05 Å². The van der Waals surface area contributed by atoms with Gasteiger partial charge in [-0.3, -0.25) is 15.5 Å². The molecule has 4 N–H and O–H groups in total. The van der Waals surface area contributed by atoms with E-state index in [1.165, 1.54) is 23.1 Å². The summed E-state index contributed by atoms with van der Waals surface area (Å²) in [6.45, 7) is 0. The van der Waals surface area contributed by atoms with Gasteiger partial charge in [0.2, 0.25) is 5.96 Å². The molecule has 0 aliphatic carbocycles. The lowest BCUT2D eigenvalue weighted by atomic mass is 10.1. The van der Waals surface area contributed by atoms with Crippen molar-refractivity contribution in [3.8, 4) is 11.5 Å². The van der Waals surface area contributed by atoms with Crippen LogP contribution < -0.4 is 5.32 Å². The van der Waals surface area contributed by atoms with Crippen LogP contribution in [0.5, 0.6) is 11.5 Å². The lowest BCUT2D eigenvalue weighted by Crippen LogP contribution is -2.25. The molecule has 1 fully saturated rings. The fourth-order valence-electron chi connectivity index (χ4n) is 1.48. The van der Waals surface area contributed by atoms with E-state index in [0.29, 0.717) is 11.3 Å². The number of amides is 1. The summed E-state index contributed by atoms with van der Waals surface area (Å²) in [7, 11) is 1.59. The van der Waals surface area contributed by atoms with Gasteiger partial charge in [-0.05, 0) is 23.8 Å². The molecule has 1 heterocycles. The third-order valence-electron chi connectivity index (χ3n) is 2.46. The first-order valence-electron chi connectivity index (χ1n) is 4.86. The van der Waals surface area contributed by atoms with Crippen LogP contribution in [0.1, 0.15) is 5.56 Å². The first-order chi connectivity index (χ1) is 7.99. The first-order valence-corrected chi connectivity index (χ1v) is 4.86. The van der Waals surface area contributed by atoms with Gasteiger partial charge < -0.3 is 15.1 Å². The highest BCUT2D eigenvalue weighted by molar-refractivity contribution is 6.14. The molecular formula is C11H11N3O3. The fraction of sp³-hybridized carbons (Fsp3) is 0.0909. The highest BCUT2D eigenvalue weighted by Gasteiger charge is 2.26. The molecule has 1 saturated heterocycles. The summed E-state index contributed by atoms with van der Waals surface area (Å²) in [5, 5.41) is 28.3. The van der Waals surface area contributed by atoms with Gasteiger partial charge in [0.15, 0.2) is 11.5 Å². The van der Waals surface area contributed by atoms with Crippen LogP contribution in [-0.2, 0) is 4.79 Å². The number of carbonyl (C=O) groups excluding carboxylic acids is 1. The van der Waals surface area contributed by atoms with E-state index >= 15 is 0 Å². The molecule has 0 saturated carbocycles. The molecule has 2 rings (SSSR count). The molecule has 0 atom stereocenters. The highest BCUT2D eigenvalue weighted by Crippen LogP contribution is 2.26. The molecule has 0 spiro atoms. The van der Waals surface area contributed by atoms with Crippen molar-refractivity contribution >= 4 is 17.9 Å². The Kier molecular flexibility index (Phi) is 2.47. The first kappa shape index (κ1) is 11.0. The summed E-state index contributed by atoms with van der Waals surface area (Å²) < 4.78 is 0. The number of nitrogens with one attached hydrogen (secondary N) is 2. The summed E-state index contributed by atoms with van der Waals surface area (Å²) in [6, 6.07) is 4.23. The number of rotatable bonds is 1. The fourth-order valence-corrected chi connectivity index (χ4v) is 1.48. The minimum atomic E-state index is -0.370. The molecule has 1 aliphatic heterocycles. The summed E-state index contributed by atoms with van der Waals surface area (Å²) in [5.74, 6) is -0.839. The number of nitrogens with zero attached hydrogens (tertiary/aromatic N) is 1. The number of hydrogen-bond acceptors (Lipinski definition) is 4. The molecule has 1 aromatic rings. The van der Waals surface area contributed by atoms with Crippen LogP contribution in [0.2, 0.25) is 0 Å². The Labute approximate surface area is 97.3 Å². The molecule has 0 unspecified atom stereocenters. The Bertz CT molecular complexity index is 537. The van der Waals surface area contributed by atoms with Crippen LogP contribution in [-0.4, -0.2) is 34.0 Å². The number of hydrogen-bond donors (Lipinski definition) is 4. The Morgan fingerprint density at radius 1 is 1.35 bits per heavy atom. The number of guanidine groups is 1. The van der Waals surface area contributed by atoms with Crippen molar-refractivity contribution in [3.63, 3.8) is 0 Å². The van der Waals surface area contributed by atoms with Gasteiger partial charge in [-0.1, -0.05) is 6.07 Å². The number of aromatic hydroxyl groups is 2. The Morgan fingerprint density at radius 2 is 2.06 bits per heavy atom. The zero-order valence-corrected chi connectivity index (χ0v) is 9.06. The second-order valence-electron chi connectivity index (χ2n) is 3.64. The Hall–Kier alpha value is -2.50. The van der Waals surface area contributed by atoms with Gasteiger partial charge in [-0.15, -0.1) is 0 Å². The van der Waals surface area contributed by atoms with Crippen LogP contribution in [0.25, 0.3) is 6.08 Å². The Balaban J connectivity index is 2.39. The molecular weight excluding hydrogens is 222 g/mol. The number of benzene rings is 1. The van der Waals surface area contributed by atoms with Gasteiger partial charge in [0.25, 0.3) is 5.91 Å². The van der Waals surface area contributed by atoms with Crippen molar-refractivity contribution in [2.24, 2.45) is 0 Å². The number of likely N-dealkylation sites (N-methyl/N-ethyl adjacent to an activating group) is 1. The smallest absolute Gasteiger partial charge is 0.274 e. The normalized spacial score (nSPS) is 17.7. The van der Waals surface area contributed by atoms with Crippen molar-refractivity contribution < 1.29 is 15.0 Å². The zero-order chi connectivity index (χ0) is 12.6. The molecule has 6 nitrogen and oxygen atoms in total. The van der Waals surface area contributed by atoms with Crippen LogP contribution in [0, 0.1) is 5.41 Å². The van der Waals surface area contributed by atoms with Crippen molar-refractivity contribution in [2.45, 2.75) is 0 Å².